The van der Waals surface area contributed by atoms with E-state index in [0.29, 0.717) is 13.2 Å². The van der Waals surface area contributed by atoms with Crippen molar-refractivity contribution in [1.82, 2.24) is 5.32 Å². The van der Waals surface area contributed by atoms with Crippen LogP contribution in [0.5, 0.6) is 5.75 Å². The normalized spacial score (nSPS) is 10.8. The van der Waals surface area contributed by atoms with Crippen molar-refractivity contribution >= 4 is 10.8 Å². The number of benzene rings is 2. The summed E-state index contributed by atoms with van der Waals surface area (Å²) in [6.45, 7) is 1.22. The molecule has 102 valence electrons. The summed E-state index contributed by atoms with van der Waals surface area (Å²) in [5.41, 5.74) is 1.08. The van der Waals surface area contributed by atoms with Crippen LogP contribution in [0.3, 0.4) is 0 Å². The van der Waals surface area contributed by atoms with Gasteiger partial charge in [-0.2, -0.15) is 0 Å². The molecule has 3 heteroatoms. The summed E-state index contributed by atoms with van der Waals surface area (Å²) in [7, 11) is 1.90. The minimum atomic E-state index is 0.515. The van der Waals surface area contributed by atoms with Crippen molar-refractivity contribution in [2.45, 2.75) is 13.2 Å². The first-order valence-corrected chi connectivity index (χ1v) is 6.69. The number of hydrogen-bond acceptors (Lipinski definition) is 3. The van der Waals surface area contributed by atoms with Crippen molar-refractivity contribution in [1.29, 1.82) is 0 Å². The highest BCUT2D eigenvalue weighted by molar-refractivity contribution is 5.88. The molecule has 0 radical (unpaired) electrons. The van der Waals surface area contributed by atoms with Crippen LogP contribution >= 0.6 is 0 Å². The number of nitrogens with one attached hydrogen (secondary N) is 1. The van der Waals surface area contributed by atoms with Crippen LogP contribution in [0.1, 0.15) is 11.3 Å². The predicted molar refractivity (Wildman–Crippen MR) is 79.8 cm³/mol. The van der Waals surface area contributed by atoms with Crippen LogP contribution in [0.4, 0.5) is 0 Å². The molecule has 3 nitrogen and oxygen atoms in total. The van der Waals surface area contributed by atoms with Gasteiger partial charge in [-0.05, 0) is 24.6 Å². The van der Waals surface area contributed by atoms with E-state index in [4.69, 9.17) is 9.15 Å². The van der Waals surface area contributed by atoms with E-state index in [2.05, 4.69) is 23.5 Å². The van der Waals surface area contributed by atoms with E-state index in [0.717, 1.165) is 22.5 Å². The fraction of sp³-hybridized carbons (Fsp3) is 0.176. The largest absolute Gasteiger partial charge is 0.488 e. The van der Waals surface area contributed by atoms with Gasteiger partial charge in [0.1, 0.15) is 18.1 Å². The molecule has 2 aromatic carbocycles. The van der Waals surface area contributed by atoms with Gasteiger partial charge in [-0.15, -0.1) is 0 Å². The van der Waals surface area contributed by atoms with Gasteiger partial charge in [-0.1, -0.05) is 36.4 Å². The van der Waals surface area contributed by atoms with Crippen molar-refractivity contribution < 1.29 is 9.15 Å². The molecule has 0 aliphatic carbocycles. The van der Waals surface area contributed by atoms with Crippen LogP contribution in [-0.4, -0.2) is 7.05 Å². The summed E-state index contributed by atoms with van der Waals surface area (Å²) in [5, 5.41) is 5.41. The molecule has 1 aromatic heterocycles. The molecule has 0 spiro atoms. The van der Waals surface area contributed by atoms with Crippen LogP contribution in [0, 0.1) is 0 Å². The molecule has 0 amide bonds. The maximum atomic E-state index is 5.96. The third-order valence-corrected chi connectivity index (χ3v) is 3.31. The predicted octanol–water partition coefficient (Wildman–Crippen LogP) is 3.73. The van der Waals surface area contributed by atoms with Gasteiger partial charge >= 0.3 is 0 Å². The molecule has 1 N–H and O–H groups in total. The summed E-state index contributed by atoms with van der Waals surface area (Å²) in [6, 6.07) is 16.3. The molecule has 0 atom stereocenters. The Hall–Kier alpha value is -2.26. The SMILES string of the molecule is CNCc1occc1COc1cccc2ccccc12. The Morgan fingerprint density at radius 3 is 2.80 bits per heavy atom. The van der Waals surface area contributed by atoms with Crippen molar-refractivity contribution in [3.8, 4) is 5.75 Å². The molecule has 3 rings (SSSR count). The Morgan fingerprint density at radius 2 is 1.90 bits per heavy atom. The Labute approximate surface area is 118 Å². The summed E-state index contributed by atoms with van der Waals surface area (Å²) >= 11 is 0. The first-order chi connectivity index (χ1) is 9.88. The molecule has 20 heavy (non-hydrogen) atoms. The fourth-order valence-electron chi connectivity index (χ4n) is 2.29. The van der Waals surface area contributed by atoms with E-state index in [1.54, 1.807) is 6.26 Å². The Bertz CT molecular complexity index is 698. The summed E-state index contributed by atoms with van der Waals surface area (Å²) in [6.07, 6.45) is 1.70. The van der Waals surface area contributed by atoms with Crippen molar-refractivity contribution in [2.75, 3.05) is 7.05 Å². The average molecular weight is 267 g/mol. The van der Waals surface area contributed by atoms with E-state index in [1.807, 2.05) is 37.4 Å². The zero-order valence-electron chi connectivity index (χ0n) is 11.4. The number of ether oxygens (including phenoxy) is 1. The molecule has 0 saturated heterocycles. The molecule has 0 bridgehead atoms. The van der Waals surface area contributed by atoms with Gasteiger partial charge in [0.2, 0.25) is 0 Å². The molecular formula is C17H17NO2. The Balaban J connectivity index is 1.81. The summed E-state index contributed by atoms with van der Waals surface area (Å²) < 4.78 is 11.4. The highest BCUT2D eigenvalue weighted by Crippen LogP contribution is 2.26. The van der Waals surface area contributed by atoms with Crippen molar-refractivity contribution in [2.24, 2.45) is 0 Å². The minimum absolute atomic E-state index is 0.515. The molecule has 0 aliphatic rings. The van der Waals surface area contributed by atoms with E-state index in [9.17, 15) is 0 Å². The van der Waals surface area contributed by atoms with Gasteiger partial charge in [0, 0.05) is 10.9 Å². The molecule has 0 unspecified atom stereocenters. The topological polar surface area (TPSA) is 34.4 Å². The zero-order valence-corrected chi connectivity index (χ0v) is 11.4. The number of furan rings is 1. The monoisotopic (exact) mass is 267 g/mol. The van der Waals surface area contributed by atoms with E-state index >= 15 is 0 Å². The second-order valence-corrected chi connectivity index (χ2v) is 4.67. The number of fused-ring (bicyclic) bond motifs is 1. The lowest BCUT2D eigenvalue weighted by atomic mass is 10.1. The van der Waals surface area contributed by atoms with Gasteiger partial charge < -0.3 is 14.5 Å². The third-order valence-electron chi connectivity index (χ3n) is 3.31. The third kappa shape index (κ3) is 2.53. The molecule has 0 saturated carbocycles. The lowest BCUT2D eigenvalue weighted by Gasteiger charge is -2.09. The molecule has 0 fully saturated rings. The fourth-order valence-corrected chi connectivity index (χ4v) is 2.29. The molecule has 3 aromatic rings. The van der Waals surface area contributed by atoms with Gasteiger partial charge in [0.25, 0.3) is 0 Å². The van der Waals surface area contributed by atoms with Crippen LogP contribution in [0.15, 0.2) is 59.2 Å². The Morgan fingerprint density at radius 1 is 1.05 bits per heavy atom. The highest BCUT2D eigenvalue weighted by atomic mass is 16.5. The first-order valence-electron chi connectivity index (χ1n) is 6.69. The summed E-state index contributed by atoms with van der Waals surface area (Å²) in [5.74, 6) is 1.83. The van der Waals surface area contributed by atoms with E-state index < -0.39 is 0 Å². The highest BCUT2D eigenvalue weighted by Gasteiger charge is 2.07. The van der Waals surface area contributed by atoms with Crippen LogP contribution in [-0.2, 0) is 13.2 Å². The quantitative estimate of drug-likeness (QED) is 0.765. The standard InChI is InChI=1S/C17H17NO2/c1-18-11-17-14(9-10-19-17)12-20-16-8-4-6-13-5-2-3-7-15(13)16/h2-10,18H,11-12H2,1H3. The Kier molecular flexibility index (Phi) is 3.70. The number of hydrogen-bond donors (Lipinski definition) is 1. The molecular weight excluding hydrogens is 250 g/mol. The van der Waals surface area contributed by atoms with Gasteiger partial charge in [-0.25, -0.2) is 0 Å². The summed E-state index contributed by atoms with van der Waals surface area (Å²) in [4.78, 5) is 0. The second-order valence-electron chi connectivity index (χ2n) is 4.67. The van der Waals surface area contributed by atoms with E-state index in [1.165, 1.54) is 5.39 Å². The lowest BCUT2D eigenvalue weighted by Crippen LogP contribution is -2.07. The van der Waals surface area contributed by atoms with E-state index in [-0.39, 0.29) is 0 Å². The molecule has 1 heterocycles. The minimum Gasteiger partial charge on any atom is -0.488 e. The van der Waals surface area contributed by atoms with Gasteiger partial charge in [-0.3, -0.25) is 0 Å². The van der Waals surface area contributed by atoms with Crippen molar-refractivity contribution in [3.63, 3.8) is 0 Å². The smallest absolute Gasteiger partial charge is 0.127 e. The zero-order chi connectivity index (χ0) is 13.8. The lowest BCUT2D eigenvalue weighted by molar-refractivity contribution is 0.305. The van der Waals surface area contributed by atoms with Gasteiger partial charge in [0.15, 0.2) is 0 Å². The van der Waals surface area contributed by atoms with Crippen LogP contribution in [0.2, 0.25) is 0 Å². The van der Waals surface area contributed by atoms with Gasteiger partial charge in [0.05, 0.1) is 12.8 Å². The van der Waals surface area contributed by atoms with Crippen molar-refractivity contribution in [3.05, 3.63) is 66.1 Å². The molecule has 0 aliphatic heterocycles. The average Bonchev–Trinajstić information content (AvgIpc) is 2.93. The second kappa shape index (κ2) is 5.80. The van der Waals surface area contributed by atoms with Crippen LogP contribution in [0.25, 0.3) is 10.8 Å². The maximum Gasteiger partial charge on any atom is 0.127 e. The maximum absolute atomic E-state index is 5.96. The number of rotatable bonds is 5. The first kappa shape index (κ1) is 12.8. The van der Waals surface area contributed by atoms with Crippen LogP contribution < -0.4 is 10.1 Å².